The Balaban J connectivity index is 2.42. The minimum Gasteiger partial charge on any atom is -0.347 e. The van der Waals surface area contributed by atoms with Crippen molar-refractivity contribution >= 4 is 11.5 Å². The quantitative estimate of drug-likeness (QED) is 0.616. The van der Waals surface area contributed by atoms with E-state index in [4.69, 9.17) is 5.73 Å². The predicted molar refractivity (Wildman–Crippen MR) is 65.0 cm³/mol. The molecule has 0 bridgehead atoms. The monoisotopic (exact) mass is 236 g/mol. The summed E-state index contributed by atoms with van der Waals surface area (Å²) < 4.78 is 0. The van der Waals surface area contributed by atoms with Gasteiger partial charge in [-0.3, -0.25) is 10.1 Å². The SMILES string of the molecule is Cc1cnc(N2CCC(N)C2C)c([N+](=O)[O-])c1. The molecule has 2 atom stereocenters. The first-order valence-corrected chi connectivity index (χ1v) is 5.64. The van der Waals surface area contributed by atoms with Crippen LogP contribution in [0.2, 0.25) is 0 Å². The molecule has 2 N–H and O–H groups in total. The molecule has 0 amide bonds. The van der Waals surface area contributed by atoms with Crippen LogP contribution < -0.4 is 10.6 Å². The van der Waals surface area contributed by atoms with E-state index in [2.05, 4.69) is 4.98 Å². The number of anilines is 1. The number of aromatic nitrogens is 1. The molecule has 92 valence electrons. The first-order chi connectivity index (χ1) is 8.00. The lowest BCUT2D eigenvalue weighted by Gasteiger charge is -2.23. The number of hydrogen-bond acceptors (Lipinski definition) is 5. The Hall–Kier alpha value is -1.69. The van der Waals surface area contributed by atoms with Crippen LogP contribution >= 0.6 is 0 Å². The van der Waals surface area contributed by atoms with Crippen molar-refractivity contribution < 1.29 is 4.92 Å². The maximum Gasteiger partial charge on any atom is 0.311 e. The molecule has 1 aliphatic heterocycles. The predicted octanol–water partition coefficient (Wildman–Crippen LogP) is 1.22. The summed E-state index contributed by atoms with van der Waals surface area (Å²) in [6.45, 7) is 4.49. The zero-order chi connectivity index (χ0) is 12.6. The lowest BCUT2D eigenvalue weighted by Crippen LogP contribution is -2.37. The fourth-order valence-corrected chi connectivity index (χ4v) is 2.17. The van der Waals surface area contributed by atoms with Crippen molar-refractivity contribution in [2.75, 3.05) is 11.4 Å². The topological polar surface area (TPSA) is 85.3 Å². The highest BCUT2D eigenvalue weighted by Crippen LogP contribution is 2.31. The molecule has 0 aliphatic carbocycles. The molecule has 17 heavy (non-hydrogen) atoms. The summed E-state index contributed by atoms with van der Waals surface area (Å²) in [7, 11) is 0. The summed E-state index contributed by atoms with van der Waals surface area (Å²) in [5.74, 6) is 0.432. The number of nitro groups is 1. The fourth-order valence-electron chi connectivity index (χ4n) is 2.17. The Morgan fingerprint density at radius 3 is 2.88 bits per heavy atom. The van der Waals surface area contributed by atoms with E-state index in [-0.39, 0.29) is 22.7 Å². The number of hydrogen-bond donors (Lipinski definition) is 1. The average Bonchev–Trinajstić information content (AvgIpc) is 2.60. The third-order valence-electron chi connectivity index (χ3n) is 3.27. The summed E-state index contributed by atoms with van der Waals surface area (Å²) in [5.41, 5.74) is 6.77. The summed E-state index contributed by atoms with van der Waals surface area (Å²) in [6, 6.07) is 1.69. The Bertz CT molecular complexity index is 449. The van der Waals surface area contributed by atoms with Crippen molar-refractivity contribution in [3.05, 3.63) is 27.9 Å². The lowest BCUT2D eigenvalue weighted by molar-refractivity contribution is -0.384. The molecule has 2 rings (SSSR count). The Morgan fingerprint density at radius 2 is 2.35 bits per heavy atom. The standard InChI is InChI=1S/C11H16N4O2/c1-7-5-10(15(16)17)11(13-6-7)14-4-3-9(12)8(14)2/h5-6,8-9H,3-4,12H2,1-2H3. The summed E-state index contributed by atoms with van der Waals surface area (Å²) in [5, 5.41) is 11.0. The van der Waals surface area contributed by atoms with Crippen LogP contribution in [0.15, 0.2) is 12.3 Å². The molecule has 6 nitrogen and oxygen atoms in total. The van der Waals surface area contributed by atoms with Gasteiger partial charge in [-0.25, -0.2) is 4.98 Å². The third kappa shape index (κ3) is 2.08. The van der Waals surface area contributed by atoms with Gasteiger partial charge >= 0.3 is 5.69 Å². The van der Waals surface area contributed by atoms with Gasteiger partial charge in [0.2, 0.25) is 5.82 Å². The number of aryl methyl sites for hydroxylation is 1. The van der Waals surface area contributed by atoms with Gasteiger partial charge in [-0.15, -0.1) is 0 Å². The molecule has 2 heterocycles. The number of nitrogens with two attached hydrogens (primary N) is 1. The largest absolute Gasteiger partial charge is 0.347 e. The second kappa shape index (κ2) is 4.29. The van der Waals surface area contributed by atoms with Crippen molar-refractivity contribution in [1.29, 1.82) is 0 Å². The van der Waals surface area contributed by atoms with Gasteiger partial charge in [-0.05, 0) is 25.8 Å². The highest BCUT2D eigenvalue weighted by molar-refractivity contribution is 5.60. The van der Waals surface area contributed by atoms with Gasteiger partial charge < -0.3 is 10.6 Å². The van der Waals surface area contributed by atoms with Gasteiger partial charge in [-0.1, -0.05) is 0 Å². The van der Waals surface area contributed by atoms with Crippen molar-refractivity contribution in [2.45, 2.75) is 32.4 Å². The van der Waals surface area contributed by atoms with Crippen LogP contribution in [0, 0.1) is 17.0 Å². The van der Waals surface area contributed by atoms with Gasteiger partial charge in [-0.2, -0.15) is 0 Å². The van der Waals surface area contributed by atoms with E-state index in [1.54, 1.807) is 19.2 Å². The van der Waals surface area contributed by atoms with Gasteiger partial charge in [0.05, 0.1) is 4.92 Å². The first kappa shape index (κ1) is 11.8. The van der Waals surface area contributed by atoms with E-state index in [1.165, 1.54) is 0 Å². The molecule has 1 aliphatic rings. The maximum absolute atomic E-state index is 11.0. The number of rotatable bonds is 2. The van der Waals surface area contributed by atoms with Crippen LogP contribution in [-0.2, 0) is 0 Å². The summed E-state index contributed by atoms with van der Waals surface area (Å²) in [6.07, 6.45) is 2.49. The maximum atomic E-state index is 11.0. The molecule has 0 saturated carbocycles. The van der Waals surface area contributed by atoms with Gasteiger partial charge in [0.1, 0.15) is 0 Å². The van der Waals surface area contributed by atoms with Crippen molar-refractivity contribution in [1.82, 2.24) is 4.98 Å². The molecule has 0 radical (unpaired) electrons. The third-order valence-corrected chi connectivity index (χ3v) is 3.27. The minimum atomic E-state index is -0.383. The van der Waals surface area contributed by atoms with Gasteiger partial charge in [0, 0.05) is 30.9 Å². The van der Waals surface area contributed by atoms with E-state index in [1.807, 2.05) is 11.8 Å². The van der Waals surface area contributed by atoms with Crippen LogP contribution in [0.1, 0.15) is 18.9 Å². The Morgan fingerprint density at radius 1 is 1.65 bits per heavy atom. The highest BCUT2D eigenvalue weighted by atomic mass is 16.6. The molecule has 1 aromatic rings. The summed E-state index contributed by atoms with van der Waals surface area (Å²) in [4.78, 5) is 16.8. The van der Waals surface area contributed by atoms with Gasteiger partial charge in [0.25, 0.3) is 0 Å². The van der Waals surface area contributed by atoms with Crippen LogP contribution in [0.4, 0.5) is 11.5 Å². The molecule has 1 fully saturated rings. The molecular weight excluding hydrogens is 220 g/mol. The molecular formula is C11H16N4O2. The number of pyridine rings is 1. The van der Waals surface area contributed by atoms with Crippen molar-refractivity contribution in [2.24, 2.45) is 5.73 Å². The molecule has 1 saturated heterocycles. The smallest absolute Gasteiger partial charge is 0.311 e. The van der Waals surface area contributed by atoms with Crippen LogP contribution in [0.3, 0.4) is 0 Å². The number of nitrogens with zero attached hydrogens (tertiary/aromatic N) is 3. The second-order valence-electron chi connectivity index (χ2n) is 4.50. The van der Waals surface area contributed by atoms with E-state index >= 15 is 0 Å². The van der Waals surface area contributed by atoms with Crippen LogP contribution in [0.5, 0.6) is 0 Å². The lowest BCUT2D eigenvalue weighted by atomic mass is 10.1. The second-order valence-corrected chi connectivity index (χ2v) is 4.50. The zero-order valence-electron chi connectivity index (χ0n) is 9.96. The molecule has 0 spiro atoms. The van der Waals surface area contributed by atoms with E-state index < -0.39 is 0 Å². The van der Waals surface area contributed by atoms with Gasteiger partial charge in [0.15, 0.2) is 0 Å². The highest BCUT2D eigenvalue weighted by Gasteiger charge is 2.33. The fraction of sp³-hybridized carbons (Fsp3) is 0.545. The average molecular weight is 236 g/mol. The Labute approximate surface area is 99.6 Å². The normalized spacial score (nSPS) is 24.1. The zero-order valence-corrected chi connectivity index (χ0v) is 9.96. The molecule has 6 heteroatoms. The van der Waals surface area contributed by atoms with Crippen molar-refractivity contribution in [3.8, 4) is 0 Å². The Kier molecular flexibility index (Phi) is 2.97. The van der Waals surface area contributed by atoms with E-state index in [0.29, 0.717) is 5.82 Å². The van der Waals surface area contributed by atoms with Crippen LogP contribution in [0.25, 0.3) is 0 Å². The van der Waals surface area contributed by atoms with Crippen molar-refractivity contribution in [3.63, 3.8) is 0 Å². The first-order valence-electron chi connectivity index (χ1n) is 5.64. The molecule has 1 aromatic heterocycles. The van der Waals surface area contributed by atoms with Crippen LogP contribution in [-0.4, -0.2) is 28.5 Å². The van der Waals surface area contributed by atoms with E-state index in [9.17, 15) is 10.1 Å². The molecule has 0 aromatic carbocycles. The summed E-state index contributed by atoms with van der Waals surface area (Å²) >= 11 is 0. The van der Waals surface area contributed by atoms with E-state index in [0.717, 1.165) is 18.5 Å². The molecule has 2 unspecified atom stereocenters. The minimum absolute atomic E-state index is 0.0534.